The van der Waals surface area contributed by atoms with E-state index in [1.807, 2.05) is 0 Å². The first kappa shape index (κ1) is 19.2. The fourth-order valence-corrected chi connectivity index (χ4v) is 3.25. The van der Waals surface area contributed by atoms with Crippen molar-refractivity contribution >= 4 is 37.5 Å². The maximum atomic E-state index is 11.3. The van der Waals surface area contributed by atoms with Gasteiger partial charge in [-0.1, -0.05) is 11.6 Å². The van der Waals surface area contributed by atoms with E-state index < -0.39 is 32.7 Å². The summed E-state index contributed by atoms with van der Waals surface area (Å²) in [6, 6.07) is 6.38. The van der Waals surface area contributed by atoms with Crippen LogP contribution in [0.3, 0.4) is 0 Å². The molecule has 0 N–H and O–H groups in total. The molecule has 0 bridgehead atoms. The van der Waals surface area contributed by atoms with Gasteiger partial charge in [-0.2, -0.15) is 16.8 Å². The molecule has 1 rings (SSSR count). The van der Waals surface area contributed by atoms with Crippen molar-refractivity contribution in [3.63, 3.8) is 0 Å². The summed E-state index contributed by atoms with van der Waals surface area (Å²) in [7, 11) is -7.47. The third-order valence-electron chi connectivity index (χ3n) is 2.54. The molecule has 1 aromatic carbocycles. The summed E-state index contributed by atoms with van der Waals surface area (Å²) in [5.74, 6) is 0. The lowest BCUT2D eigenvalue weighted by molar-refractivity contribution is 0.144. The van der Waals surface area contributed by atoms with Crippen LogP contribution in [0, 0.1) is 0 Å². The molecule has 0 aliphatic rings. The van der Waals surface area contributed by atoms with Gasteiger partial charge in [0.25, 0.3) is 20.2 Å². The number of hydrogen-bond acceptors (Lipinski definition) is 7. The molecule has 0 saturated carbocycles. The van der Waals surface area contributed by atoms with Gasteiger partial charge in [-0.25, -0.2) is 8.37 Å². The minimum atomic E-state index is -3.73. The minimum absolute atomic E-state index is 0.483. The Hall–Kier alpha value is -0.870. The van der Waals surface area contributed by atoms with E-state index >= 15 is 0 Å². The molecule has 7 nitrogen and oxygen atoms in total. The van der Waals surface area contributed by atoms with Crippen LogP contribution in [0.4, 0.5) is 5.69 Å². The molecule has 0 heterocycles. The molecule has 0 aliphatic heterocycles. The first-order chi connectivity index (χ1) is 9.89. The standard InChI is InChI=1S/C12H18ClNO6S2/c1-9(19-21(3,15)16)14(10(2)20-22(4,17)18)12-7-5-11(13)6-8-12/h5-10H,1-4H3. The molecule has 10 heteroatoms. The van der Waals surface area contributed by atoms with Gasteiger partial charge in [0.15, 0.2) is 0 Å². The van der Waals surface area contributed by atoms with Crippen LogP contribution >= 0.6 is 11.6 Å². The smallest absolute Gasteiger partial charge is 0.266 e. The van der Waals surface area contributed by atoms with Crippen LogP contribution in [0.2, 0.25) is 5.02 Å². The van der Waals surface area contributed by atoms with Gasteiger partial charge >= 0.3 is 0 Å². The van der Waals surface area contributed by atoms with Gasteiger partial charge in [-0.15, -0.1) is 0 Å². The molecule has 0 amide bonds. The van der Waals surface area contributed by atoms with E-state index in [2.05, 4.69) is 0 Å². The monoisotopic (exact) mass is 371 g/mol. The summed E-state index contributed by atoms with van der Waals surface area (Å²) in [4.78, 5) is 1.37. The van der Waals surface area contributed by atoms with E-state index in [1.54, 1.807) is 24.3 Å². The molecule has 2 unspecified atom stereocenters. The lowest BCUT2D eigenvalue weighted by Crippen LogP contribution is -2.44. The maximum Gasteiger partial charge on any atom is 0.266 e. The van der Waals surface area contributed by atoms with Crippen molar-refractivity contribution in [2.75, 3.05) is 17.4 Å². The lowest BCUT2D eigenvalue weighted by atomic mass is 10.2. The Kier molecular flexibility index (Phi) is 6.22. The molecule has 0 aromatic heterocycles. The van der Waals surface area contributed by atoms with Gasteiger partial charge in [0.05, 0.1) is 12.5 Å². The van der Waals surface area contributed by atoms with Gasteiger partial charge in [0.2, 0.25) is 0 Å². The molecule has 0 aliphatic carbocycles. The Morgan fingerprint density at radius 1 is 0.909 bits per heavy atom. The Morgan fingerprint density at radius 2 is 1.27 bits per heavy atom. The molecular formula is C12H18ClNO6S2. The Morgan fingerprint density at radius 3 is 1.59 bits per heavy atom. The summed E-state index contributed by atoms with van der Waals surface area (Å²) >= 11 is 5.82. The molecule has 2 atom stereocenters. The molecule has 126 valence electrons. The number of hydrogen-bond donors (Lipinski definition) is 0. The summed E-state index contributed by atoms with van der Waals surface area (Å²) in [6.45, 7) is 2.94. The zero-order chi connectivity index (χ0) is 17.1. The van der Waals surface area contributed by atoms with Crippen LogP contribution in [0.5, 0.6) is 0 Å². The van der Waals surface area contributed by atoms with Crippen molar-refractivity contribution in [2.24, 2.45) is 0 Å². The highest BCUT2D eigenvalue weighted by molar-refractivity contribution is 7.86. The second-order valence-corrected chi connectivity index (χ2v) is 8.32. The molecule has 22 heavy (non-hydrogen) atoms. The van der Waals surface area contributed by atoms with E-state index in [9.17, 15) is 16.8 Å². The first-order valence-electron chi connectivity index (χ1n) is 6.19. The third kappa shape index (κ3) is 6.49. The summed E-state index contributed by atoms with van der Waals surface area (Å²) in [5.41, 5.74) is 0.497. The predicted molar refractivity (Wildman–Crippen MR) is 84.7 cm³/mol. The summed E-state index contributed by atoms with van der Waals surface area (Å²) < 4.78 is 55.1. The summed E-state index contributed by atoms with van der Waals surface area (Å²) in [5, 5.41) is 0.483. The Balaban J connectivity index is 3.17. The summed E-state index contributed by atoms with van der Waals surface area (Å²) in [6.07, 6.45) is -0.141. The van der Waals surface area contributed by atoms with Crippen LogP contribution in [0.15, 0.2) is 24.3 Å². The zero-order valence-electron chi connectivity index (χ0n) is 12.6. The fourth-order valence-electron chi connectivity index (χ4n) is 1.93. The molecule has 0 spiro atoms. The first-order valence-corrected chi connectivity index (χ1v) is 10.2. The molecule has 0 radical (unpaired) electrons. The second kappa shape index (κ2) is 7.14. The van der Waals surface area contributed by atoms with Crippen molar-refractivity contribution in [1.82, 2.24) is 0 Å². The maximum absolute atomic E-state index is 11.3. The van der Waals surface area contributed by atoms with E-state index in [0.717, 1.165) is 12.5 Å². The highest BCUT2D eigenvalue weighted by Gasteiger charge is 2.27. The number of rotatable bonds is 7. The topological polar surface area (TPSA) is 90.0 Å². The number of benzene rings is 1. The molecule has 0 fully saturated rings. The van der Waals surface area contributed by atoms with Crippen molar-refractivity contribution in [3.8, 4) is 0 Å². The predicted octanol–water partition coefficient (Wildman–Crippen LogP) is 1.79. The van der Waals surface area contributed by atoms with Gasteiger partial charge in [0, 0.05) is 10.7 Å². The highest BCUT2D eigenvalue weighted by Crippen LogP contribution is 2.24. The number of anilines is 1. The number of nitrogens with zero attached hydrogens (tertiary/aromatic N) is 1. The molecule has 1 aromatic rings. The van der Waals surface area contributed by atoms with E-state index in [4.69, 9.17) is 20.0 Å². The van der Waals surface area contributed by atoms with Crippen molar-refractivity contribution in [1.29, 1.82) is 0 Å². The molecular weight excluding hydrogens is 354 g/mol. The van der Waals surface area contributed by atoms with Crippen LogP contribution in [-0.2, 0) is 28.6 Å². The normalized spacial score (nSPS) is 15.3. The lowest BCUT2D eigenvalue weighted by Gasteiger charge is -2.34. The van der Waals surface area contributed by atoms with E-state index in [1.165, 1.54) is 18.7 Å². The SMILES string of the molecule is CC(OS(C)(=O)=O)N(c1ccc(Cl)cc1)C(C)OS(C)(=O)=O. The van der Waals surface area contributed by atoms with E-state index in [0.29, 0.717) is 10.7 Å². The third-order valence-corrected chi connectivity index (χ3v) is 4.04. The second-order valence-electron chi connectivity index (χ2n) is 4.68. The van der Waals surface area contributed by atoms with Crippen LogP contribution in [-0.4, -0.2) is 41.8 Å². The Bertz CT molecular complexity index is 662. The van der Waals surface area contributed by atoms with Crippen LogP contribution < -0.4 is 4.90 Å². The zero-order valence-corrected chi connectivity index (χ0v) is 14.9. The van der Waals surface area contributed by atoms with Crippen molar-refractivity contribution < 1.29 is 25.2 Å². The van der Waals surface area contributed by atoms with Crippen LogP contribution in [0.25, 0.3) is 0 Å². The van der Waals surface area contributed by atoms with Crippen molar-refractivity contribution in [2.45, 2.75) is 26.3 Å². The average Bonchev–Trinajstić information content (AvgIpc) is 2.27. The minimum Gasteiger partial charge on any atom is -0.318 e. The Labute approximate surface area is 136 Å². The van der Waals surface area contributed by atoms with E-state index in [-0.39, 0.29) is 0 Å². The molecule has 0 saturated heterocycles. The van der Waals surface area contributed by atoms with Gasteiger partial charge < -0.3 is 4.90 Å². The highest BCUT2D eigenvalue weighted by atomic mass is 35.5. The van der Waals surface area contributed by atoms with Gasteiger partial charge in [0.1, 0.15) is 12.5 Å². The largest absolute Gasteiger partial charge is 0.318 e. The van der Waals surface area contributed by atoms with Crippen molar-refractivity contribution in [3.05, 3.63) is 29.3 Å². The fraction of sp³-hybridized carbons (Fsp3) is 0.500. The number of halogens is 1. The quantitative estimate of drug-likeness (QED) is 0.533. The van der Waals surface area contributed by atoms with Gasteiger partial charge in [-0.05, 0) is 38.1 Å². The van der Waals surface area contributed by atoms with Gasteiger partial charge in [-0.3, -0.25) is 0 Å². The average molecular weight is 372 g/mol. The van der Waals surface area contributed by atoms with Crippen LogP contribution in [0.1, 0.15) is 13.8 Å².